The Kier molecular flexibility index (Phi) is 8.55. The zero-order valence-electron chi connectivity index (χ0n) is 14.2. The molecule has 4 heteroatoms. The number of ether oxygens (including phenoxy) is 2. The van der Waals surface area contributed by atoms with Gasteiger partial charge in [0, 0.05) is 13.2 Å². The Morgan fingerprint density at radius 3 is 1.74 bits per heavy atom. The molecule has 2 rings (SSSR count). The first-order valence-electron chi connectivity index (χ1n) is 8.46. The van der Waals surface area contributed by atoms with Crippen molar-refractivity contribution in [3.8, 4) is 0 Å². The van der Waals surface area contributed by atoms with Gasteiger partial charge >= 0.3 is 0 Å². The minimum atomic E-state index is -0.378. The average Bonchev–Trinajstić information content (AvgIpc) is 2.60. The van der Waals surface area contributed by atoms with Crippen molar-refractivity contribution in [2.45, 2.75) is 25.8 Å². The van der Waals surface area contributed by atoms with Gasteiger partial charge in [-0.25, -0.2) is 0 Å². The Labute approximate surface area is 143 Å². The third-order valence-electron chi connectivity index (χ3n) is 3.66. The Balaban J connectivity index is 2.01. The van der Waals surface area contributed by atoms with Gasteiger partial charge in [0.05, 0.1) is 9.52 Å². The SMILES string of the molecule is CCOC(OCC)[SiH2]CCP(c1ccccc1)c1ccccc1. The molecule has 0 bridgehead atoms. The Hall–Kier alpha value is -0.993. The van der Waals surface area contributed by atoms with Crippen molar-refractivity contribution in [3.05, 3.63) is 60.7 Å². The van der Waals surface area contributed by atoms with Crippen LogP contribution in [0.2, 0.25) is 6.04 Å². The highest BCUT2D eigenvalue weighted by molar-refractivity contribution is 7.73. The van der Waals surface area contributed by atoms with Crippen LogP contribution >= 0.6 is 7.92 Å². The molecule has 0 aromatic heterocycles. The molecule has 0 amide bonds. The summed E-state index contributed by atoms with van der Waals surface area (Å²) in [5.41, 5.74) is 0. The van der Waals surface area contributed by atoms with Crippen LogP contribution in [0, 0.1) is 0 Å². The average molecular weight is 346 g/mol. The van der Waals surface area contributed by atoms with Gasteiger partial charge in [-0.05, 0) is 38.5 Å². The van der Waals surface area contributed by atoms with E-state index in [0.717, 1.165) is 13.2 Å². The molecule has 0 aliphatic rings. The zero-order valence-corrected chi connectivity index (χ0v) is 16.5. The highest BCUT2D eigenvalue weighted by Crippen LogP contribution is 2.34. The second-order valence-electron chi connectivity index (χ2n) is 5.31. The van der Waals surface area contributed by atoms with Crippen molar-refractivity contribution < 1.29 is 9.47 Å². The fourth-order valence-electron chi connectivity index (χ4n) is 2.63. The predicted molar refractivity (Wildman–Crippen MR) is 104 cm³/mol. The number of benzene rings is 2. The Bertz CT molecular complexity index is 490. The van der Waals surface area contributed by atoms with Crippen LogP contribution in [-0.4, -0.2) is 34.8 Å². The quantitative estimate of drug-likeness (QED) is 0.374. The topological polar surface area (TPSA) is 18.5 Å². The number of hydrogen-bond donors (Lipinski definition) is 0. The first-order chi connectivity index (χ1) is 11.3. The van der Waals surface area contributed by atoms with Gasteiger partial charge in [-0.2, -0.15) is 0 Å². The first-order valence-corrected chi connectivity index (χ1v) is 11.8. The molecule has 0 unspecified atom stereocenters. The van der Waals surface area contributed by atoms with Crippen molar-refractivity contribution in [2.75, 3.05) is 19.4 Å². The lowest BCUT2D eigenvalue weighted by Crippen LogP contribution is -2.26. The van der Waals surface area contributed by atoms with E-state index in [2.05, 4.69) is 60.7 Å². The van der Waals surface area contributed by atoms with Gasteiger partial charge in [0.1, 0.15) is 5.91 Å². The molecule has 0 atom stereocenters. The Morgan fingerprint density at radius 1 is 0.826 bits per heavy atom. The summed E-state index contributed by atoms with van der Waals surface area (Å²) in [6.45, 7) is 5.57. The first kappa shape index (κ1) is 18.3. The van der Waals surface area contributed by atoms with Gasteiger partial charge in [-0.3, -0.25) is 0 Å². The van der Waals surface area contributed by atoms with Gasteiger partial charge in [-0.1, -0.05) is 66.7 Å². The highest BCUT2D eigenvalue weighted by Gasteiger charge is 2.15. The van der Waals surface area contributed by atoms with Crippen molar-refractivity contribution in [1.29, 1.82) is 0 Å². The van der Waals surface area contributed by atoms with Crippen molar-refractivity contribution in [2.24, 2.45) is 0 Å². The summed E-state index contributed by atoms with van der Waals surface area (Å²) in [7, 11) is -0.654. The summed E-state index contributed by atoms with van der Waals surface area (Å²) in [4.78, 5) is 0. The third-order valence-corrected chi connectivity index (χ3v) is 8.57. The number of hydrogen-bond acceptors (Lipinski definition) is 2. The summed E-state index contributed by atoms with van der Waals surface area (Å²) in [5.74, 6) is 0.0772. The molecule has 0 saturated heterocycles. The van der Waals surface area contributed by atoms with Crippen LogP contribution in [-0.2, 0) is 9.47 Å². The second kappa shape index (κ2) is 10.7. The van der Waals surface area contributed by atoms with Crippen LogP contribution in [0.3, 0.4) is 0 Å². The maximum Gasteiger partial charge on any atom is 0.134 e. The molecular weight excluding hydrogens is 319 g/mol. The molecule has 23 heavy (non-hydrogen) atoms. The van der Waals surface area contributed by atoms with Gasteiger partial charge in [0.2, 0.25) is 0 Å². The smallest absolute Gasteiger partial charge is 0.134 e. The fourth-order valence-corrected chi connectivity index (χ4v) is 7.64. The van der Waals surface area contributed by atoms with Gasteiger partial charge in [0.15, 0.2) is 0 Å². The zero-order chi connectivity index (χ0) is 16.3. The summed E-state index contributed by atoms with van der Waals surface area (Å²) in [6.07, 6.45) is 1.23. The minimum Gasteiger partial charge on any atom is -0.357 e. The van der Waals surface area contributed by atoms with E-state index in [-0.39, 0.29) is 23.4 Å². The van der Waals surface area contributed by atoms with Crippen LogP contribution in [0.5, 0.6) is 0 Å². The van der Waals surface area contributed by atoms with Crippen LogP contribution in [0.15, 0.2) is 60.7 Å². The molecular formula is C19H27O2PSi. The van der Waals surface area contributed by atoms with Crippen molar-refractivity contribution in [1.82, 2.24) is 0 Å². The molecule has 2 aromatic carbocycles. The van der Waals surface area contributed by atoms with E-state index in [0.29, 0.717) is 0 Å². The van der Waals surface area contributed by atoms with Gasteiger partial charge in [-0.15, -0.1) is 0 Å². The van der Waals surface area contributed by atoms with Crippen LogP contribution in [0.25, 0.3) is 0 Å². The maximum absolute atomic E-state index is 5.72. The predicted octanol–water partition coefficient (Wildman–Crippen LogP) is 3.06. The van der Waals surface area contributed by atoms with E-state index >= 15 is 0 Å². The second-order valence-corrected chi connectivity index (χ2v) is 9.59. The summed E-state index contributed by atoms with van der Waals surface area (Å²) in [6, 6.07) is 23.1. The molecule has 0 aliphatic heterocycles. The standard InChI is InChI=1S/C19H27O2PSi/c1-3-20-19(21-4-2)23-16-15-22(17-11-7-5-8-12-17)18-13-9-6-10-14-18/h5-14,19H,3-4,15-16,23H2,1-2H3. The van der Waals surface area contributed by atoms with E-state index in [1.807, 2.05) is 13.8 Å². The number of rotatable bonds is 10. The molecule has 0 N–H and O–H groups in total. The van der Waals surface area contributed by atoms with Crippen molar-refractivity contribution in [3.63, 3.8) is 0 Å². The Morgan fingerprint density at radius 2 is 1.30 bits per heavy atom. The van der Waals surface area contributed by atoms with E-state index in [4.69, 9.17) is 9.47 Å². The van der Waals surface area contributed by atoms with Gasteiger partial charge < -0.3 is 9.47 Å². The van der Waals surface area contributed by atoms with E-state index in [1.165, 1.54) is 22.8 Å². The van der Waals surface area contributed by atoms with E-state index in [1.54, 1.807) is 0 Å². The molecule has 0 radical (unpaired) electrons. The highest BCUT2D eigenvalue weighted by atomic mass is 31.1. The summed E-state index contributed by atoms with van der Waals surface area (Å²) < 4.78 is 11.4. The molecule has 2 nitrogen and oxygen atoms in total. The molecule has 0 aliphatic carbocycles. The van der Waals surface area contributed by atoms with E-state index < -0.39 is 0 Å². The lowest BCUT2D eigenvalue weighted by atomic mass is 10.4. The minimum absolute atomic E-state index is 0.0772. The molecule has 124 valence electrons. The van der Waals surface area contributed by atoms with Crippen LogP contribution < -0.4 is 10.6 Å². The molecule has 0 spiro atoms. The van der Waals surface area contributed by atoms with E-state index in [9.17, 15) is 0 Å². The van der Waals surface area contributed by atoms with Crippen LogP contribution in [0.4, 0.5) is 0 Å². The fraction of sp³-hybridized carbons (Fsp3) is 0.368. The maximum atomic E-state index is 5.72. The summed E-state index contributed by atoms with van der Waals surface area (Å²) >= 11 is 0. The molecule has 2 aromatic rings. The lowest BCUT2D eigenvalue weighted by Gasteiger charge is -2.21. The summed E-state index contributed by atoms with van der Waals surface area (Å²) in [5, 5.41) is 2.93. The normalized spacial score (nSPS) is 11.8. The largest absolute Gasteiger partial charge is 0.357 e. The molecule has 0 fully saturated rings. The lowest BCUT2D eigenvalue weighted by molar-refractivity contribution is -0.0826. The van der Waals surface area contributed by atoms with Gasteiger partial charge in [0.25, 0.3) is 0 Å². The van der Waals surface area contributed by atoms with Crippen LogP contribution in [0.1, 0.15) is 13.8 Å². The van der Waals surface area contributed by atoms with Crippen molar-refractivity contribution >= 4 is 28.1 Å². The molecule has 0 saturated carbocycles. The molecule has 0 heterocycles. The third kappa shape index (κ3) is 6.19. The monoisotopic (exact) mass is 346 g/mol.